The molecule has 2 amide bonds. The molecule has 2 aromatic carbocycles. The number of hydrogen-bond donors (Lipinski definition) is 4. The molecular weight excluding hydrogens is 438 g/mol. The SMILES string of the molecule is C/C(=C\CCC[C@@H](OC(=O)Nc1ccc(F)cc1F)c1ccc(OCCO)cc1)C(=O)NO. The number of nitrogens with one attached hydrogen (secondary N) is 2. The first-order chi connectivity index (χ1) is 15.8. The van der Waals surface area contributed by atoms with Crippen molar-refractivity contribution in [3.8, 4) is 5.75 Å². The van der Waals surface area contributed by atoms with Gasteiger partial charge in [0.25, 0.3) is 5.91 Å². The van der Waals surface area contributed by atoms with E-state index in [2.05, 4.69) is 5.32 Å². The van der Waals surface area contributed by atoms with Crippen LogP contribution in [-0.2, 0) is 9.53 Å². The molecule has 0 bridgehead atoms. The number of carbonyl (C=O) groups excluding carboxylic acids is 2. The highest BCUT2D eigenvalue weighted by molar-refractivity contribution is 5.91. The van der Waals surface area contributed by atoms with E-state index < -0.39 is 29.7 Å². The van der Waals surface area contributed by atoms with E-state index in [1.165, 1.54) is 0 Å². The van der Waals surface area contributed by atoms with Gasteiger partial charge in [-0.2, -0.15) is 0 Å². The van der Waals surface area contributed by atoms with Gasteiger partial charge in [0.15, 0.2) is 0 Å². The van der Waals surface area contributed by atoms with Crippen molar-refractivity contribution in [2.75, 3.05) is 18.5 Å². The van der Waals surface area contributed by atoms with E-state index in [0.29, 0.717) is 42.2 Å². The van der Waals surface area contributed by atoms with Crippen LogP contribution in [0.2, 0.25) is 0 Å². The number of hydroxylamine groups is 1. The Morgan fingerprint density at radius 1 is 1.15 bits per heavy atom. The maximum absolute atomic E-state index is 13.8. The molecule has 0 radical (unpaired) electrons. The second kappa shape index (κ2) is 13.1. The topological polar surface area (TPSA) is 117 Å². The second-order valence-electron chi connectivity index (χ2n) is 7.04. The van der Waals surface area contributed by atoms with Crippen LogP contribution in [0.1, 0.15) is 37.9 Å². The number of benzene rings is 2. The lowest BCUT2D eigenvalue weighted by atomic mass is 10.0. The van der Waals surface area contributed by atoms with Gasteiger partial charge >= 0.3 is 6.09 Å². The van der Waals surface area contributed by atoms with Crippen LogP contribution >= 0.6 is 0 Å². The summed E-state index contributed by atoms with van der Waals surface area (Å²) in [5.74, 6) is -1.79. The zero-order valence-corrected chi connectivity index (χ0v) is 18.0. The molecule has 10 heteroatoms. The smallest absolute Gasteiger partial charge is 0.412 e. The minimum atomic E-state index is -0.934. The number of amides is 2. The third-order valence-corrected chi connectivity index (χ3v) is 4.61. The summed E-state index contributed by atoms with van der Waals surface area (Å²) < 4.78 is 37.7. The monoisotopic (exact) mass is 464 g/mol. The molecule has 4 N–H and O–H groups in total. The van der Waals surface area contributed by atoms with Gasteiger partial charge in [0.1, 0.15) is 30.1 Å². The fraction of sp³-hybridized carbons (Fsp3) is 0.304. The number of rotatable bonds is 11. The Balaban J connectivity index is 2.08. The van der Waals surface area contributed by atoms with Gasteiger partial charge in [0, 0.05) is 11.6 Å². The number of aliphatic hydroxyl groups excluding tert-OH is 1. The van der Waals surface area contributed by atoms with Crippen LogP contribution in [-0.4, -0.2) is 35.5 Å². The van der Waals surface area contributed by atoms with Gasteiger partial charge in [-0.05, 0) is 56.0 Å². The van der Waals surface area contributed by atoms with Gasteiger partial charge in [-0.1, -0.05) is 18.2 Å². The normalized spacial score (nSPS) is 12.1. The zero-order chi connectivity index (χ0) is 24.2. The average Bonchev–Trinajstić information content (AvgIpc) is 2.81. The Labute approximate surface area is 189 Å². The van der Waals surface area contributed by atoms with Gasteiger partial charge in [-0.15, -0.1) is 0 Å². The Kier molecular flexibility index (Phi) is 10.3. The molecule has 178 valence electrons. The quantitative estimate of drug-likeness (QED) is 0.171. The van der Waals surface area contributed by atoms with Crippen LogP contribution in [0.25, 0.3) is 0 Å². The molecule has 2 aromatic rings. The maximum atomic E-state index is 13.8. The van der Waals surface area contributed by atoms with Gasteiger partial charge in [-0.3, -0.25) is 15.3 Å². The van der Waals surface area contributed by atoms with Crippen molar-refractivity contribution in [2.24, 2.45) is 0 Å². The molecule has 0 aromatic heterocycles. The van der Waals surface area contributed by atoms with Crippen molar-refractivity contribution in [1.82, 2.24) is 5.48 Å². The molecule has 0 aliphatic rings. The number of ether oxygens (including phenoxy) is 2. The number of anilines is 1. The van der Waals surface area contributed by atoms with Crippen LogP contribution in [0.5, 0.6) is 5.75 Å². The van der Waals surface area contributed by atoms with Gasteiger partial charge < -0.3 is 14.6 Å². The van der Waals surface area contributed by atoms with Crippen molar-refractivity contribution in [3.05, 3.63) is 71.3 Å². The van der Waals surface area contributed by atoms with E-state index in [0.717, 1.165) is 12.1 Å². The average molecular weight is 464 g/mol. The number of carbonyl (C=O) groups is 2. The molecule has 1 atom stereocenters. The molecular formula is C23H26F2N2O6. The van der Waals surface area contributed by atoms with Gasteiger partial charge in [0.2, 0.25) is 0 Å². The second-order valence-corrected chi connectivity index (χ2v) is 7.04. The molecule has 0 unspecified atom stereocenters. The third kappa shape index (κ3) is 8.51. The van der Waals surface area contributed by atoms with E-state index in [9.17, 15) is 18.4 Å². The molecule has 0 spiro atoms. The summed E-state index contributed by atoms with van der Waals surface area (Å²) >= 11 is 0. The predicted molar refractivity (Wildman–Crippen MR) is 116 cm³/mol. The minimum Gasteiger partial charge on any atom is -0.491 e. The van der Waals surface area contributed by atoms with E-state index in [-0.39, 0.29) is 18.9 Å². The number of hydrogen-bond acceptors (Lipinski definition) is 6. The summed E-state index contributed by atoms with van der Waals surface area (Å²) in [5, 5.41) is 19.8. The minimum absolute atomic E-state index is 0.130. The Bertz CT molecular complexity index is 966. The fourth-order valence-corrected chi connectivity index (χ4v) is 2.90. The maximum Gasteiger partial charge on any atom is 0.412 e. The van der Waals surface area contributed by atoms with E-state index >= 15 is 0 Å². The number of allylic oxidation sites excluding steroid dienone is 1. The molecule has 0 aliphatic carbocycles. The summed E-state index contributed by atoms with van der Waals surface area (Å²) in [4.78, 5) is 23.7. The van der Waals surface area contributed by atoms with Crippen LogP contribution in [0.15, 0.2) is 54.1 Å². The summed E-state index contributed by atoms with van der Waals surface area (Å²) in [6.07, 6.45) is 1.40. The highest BCUT2D eigenvalue weighted by Gasteiger charge is 2.18. The lowest BCUT2D eigenvalue weighted by molar-refractivity contribution is -0.125. The van der Waals surface area contributed by atoms with Crippen LogP contribution in [0, 0.1) is 11.6 Å². The molecule has 0 heterocycles. The van der Waals surface area contributed by atoms with E-state index in [1.54, 1.807) is 42.7 Å². The molecule has 33 heavy (non-hydrogen) atoms. The van der Waals surface area contributed by atoms with Crippen LogP contribution in [0.4, 0.5) is 19.3 Å². The van der Waals surface area contributed by atoms with E-state index in [1.807, 2.05) is 0 Å². The van der Waals surface area contributed by atoms with Crippen molar-refractivity contribution >= 4 is 17.7 Å². The molecule has 0 aliphatic heterocycles. The summed E-state index contributed by atoms with van der Waals surface area (Å²) in [6.45, 7) is 1.56. The van der Waals surface area contributed by atoms with Crippen LogP contribution in [0.3, 0.4) is 0 Å². The first-order valence-electron chi connectivity index (χ1n) is 10.2. The lowest BCUT2D eigenvalue weighted by Gasteiger charge is -2.19. The fourth-order valence-electron chi connectivity index (χ4n) is 2.90. The lowest BCUT2D eigenvalue weighted by Crippen LogP contribution is -2.19. The van der Waals surface area contributed by atoms with E-state index in [4.69, 9.17) is 19.8 Å². The standard InChI is InChI=1S/C23H26F2N2O6/c1-15(22(29)27-31)4-2-3-5-21(16-6-9-18(10-7-16)32-13-12-28)33-23(30)26-20-11-8-17(24)14-19(20)25/h4,6-11,14,21,28,31H,2-3,5,12-13H2,1H3,(H,26,30)(H,27,29)/b15-4+/t21-/m1/s1. The summed E-state index contributed by atoms with van der Waals surface area (Å²) in [6, 6.07) is 9.47. The summed E-state index contributed by atoms with van der Waals surface area (Å²) in [7, 11) is 0. The molecule has 2 rings (SSSR count). The van der Waals surface area contributed by atoms with Crippen molar-refractivity contribution in [3.63, 3.8) is 0 Å². The zero-order valence-electron chi connectivity index (χ0n) is 18.0. The predicted octanol–water partition coefficient (Wildman–Crippen LogP) is 4.25. The summed E-state index contributed by atoms with van der Waals surface area (Å²) in [5.41, 5.74) is 2.32. The largest absolute Gasteiger partial charge is 0.491 e. The number of halogens is 2. The van der Waals surface area contributed by atoms with Crippen LogP contribution < -0.4 is 15.5 Å². The van der Waals surface area contributed by atoms with Crippen molar-refractivity contribution in [2.45, 2.75) is 32.3 Å². The molecule has 8 nitrogen and oxygen atoms in total. The Hall–Kier alpha value is -3.50. The van der Waals surface area contributed by atoms with Crippen molar-refractivity contribution < 1.29 is 38.2 Å². The first-order valence-corrected chi connectivity index (χ1v) is 10.2. The Morgan fingerprint density at radius 2 is 1.88 bits per heavy atom. The molecule has 0 fully saturated rings. The first kappa shape index (κ1) is 25.8. The highest BCUT2D eigenvalue weighted by Crippen LogP contribution is 2.27. The van der Waals surface area contributed by atoms with Gasteiger partial charge in [-0.25, -0.2) is 19.1 Å². The molecule has 0 saturated heterocycles. The number of aliphatic hydroxyl groups is 1. The van der Waals surface area contributed by atoms with Crippen molar-refractivity contribution in [1.29, 1.82) is 0 Å². The Morgan fingerprint density at radius 3 is 2.52 bits per heavy atom. The highest BCUT2D eigenvalue weighted by atomic mass is 19.1. The molecule has 0 saturated carbocycles. The number of unbranched alkanes of at least 4 members (excludes halogenated alkanes) is 1. The van der Waals surface area contributed by atoms with Gasteiger partial charge in [0.05, 0.1) is 12.3 Å². The third-order valence-electron chi connectivity index (χ3n) is 4.61.